The number of rotatable bonds is 7. The third-order valence-electron chi connectivity index (χ3n) is 3.08. The number of hydrogen-bond donors (Lipinski definition) is 1. The van der Waals surface area contributed by atoms with Crippen LogP contribution in [-0.4, -0.2) is 23.7 Å². The number of hydrazone groups is 1. The lowest BCUT2D eigenvalue weighted by Crippen LogP contribution is -2.18. The summed E-state index contributed by atoms with van der Waals surface area (Å²) in [5.41, 5.74) is 3.45. The van der Waals surface area contributed by atoms with Crippen molar-refractivity contribution in [2.45, 2.75) is 13.3 Å². The number of hydrogen-bond acceptors (Lipinski definition) is 5. The maximum Gasteiger partial charge on any atom is 0.275 e. The molecule has 0 fully saturated rings. The highest BCUT2D eigenvalue weighted by molar-refractivity contribution is 5.97. The van der Waals surface area contributed by atoms with Gasteiger partial charge in [0.2, 0.25) is 0 Å². The molecule has 2 rings (SSSR count). The molecule has 0 aliphatic carbocycles. The number of benzene rings is 2. The zero-order valence-corrected chi connectivity index (χ0v) is 13.1. The van der Waals surface area contributed by atoms with Gasteiger partial charge in [0, 0.05) is 12.1 Å². The lowest BCUT2D eigenvalue weighted by Gasteiger charge is -2.09. The minimum Gasteiger partial charge on any atom is -0.493 e. The van der Waals surface area contributed by atoms with E-state index in [2.05, 4.69) is 10.5 Å². The van der Waals surface area contributed by atoms with Gasteiger partial charge in [-0.1, -0.05) is 19.1 Å². The smallest absolute Gasteiger partial charge is 0.275 e. The van der Waals surface area contributed by atoms with Gasteiger partial charge in [-0.25, -0.2) is 5.43 Å². The second kappa shape index (κ2) is 8.42. The van der Waals surface area contributed by atoms with Crippen molar-refractivity contribution in [2.75, 3.05) is 6.61 Å². The van der Waals surface area contributed by atoms with E-state index in [9.17, 15) is 14.9 Å². The molecule has 24 heavy (non-hydrogen) atoms. The number of nitrogens with one attached hydrogen (secondary N) is 1. The summed E-state index contributed by atoms with van der Waals surface area (Å²) in [6.07, 6.45) is 2.26. The molecule has 0 spiro atoms. The minimum atomic E-state index is -0.476. The molecule has 0 radical (unpaired) electrons. The molecular weight excluding hydrogens is 310 g/mol. The number of carbonyl (C=O) groups is 1. The Labute approximate surface area is 139 Å². The van der Waals surface area contributed by atoms with Crippen LogP contribution < -0.4 is 10.2 Å². The maximum absolute atomic E-state index is 12.2. The van der Waals surface area contributed by atoms with Crippen molar-refractivity contribution in [2.24, 2.45) is 5.10 Å². The number of ether oxygens (including phenoxy) is 1. The molecule has 0 unspecified atom stereocenters. The average molecular weight is 327 g/mol. The molecule has 2 aromatic carbocycles. The average Bonchev–Trinajstić information content (AvgIpc) is 2.60. The van der Waals surface area contributed by atoms with E-state index in [0.29, 0.717) is 23.5 Å². The normalized spacial score (nSPS) is 10.5. The Kier molecular flexibility index (Phi) is 6.01. The van der Waals surface area contributed by atoms with Gasteiger partial charge in [-0.2, -0.15) is 5.10 Å². The van der Waals surface area contributed by atoms with Crippen LogP contribution in [-0.2, 0) is 0 Å². The van der Waals surface area contributed by atoms with Crippen molar-refractivity contribution in [1.82, 2.24) is 5.43 Å². The highest BCUT2D eigenvalue weighted by Crippen LogP contribution is 2.18. The largest absolute Gasteiger partial charge is 0.493 e. The van der Waals surface area contributed by atoms with E-state index in [0.717, 1.165) is 6.42 Å². The van der Waals surface area contributed by atoms with Crippen molar-refractivity contribution >= 4 is 17.8 Å². The molecule has 2 aromatic rings. The number of nitro benzene ring substituents is 1. The number of amides is 1. The Morgan fingerprint density at radius 1 is 1.25 bits per heavy atom. The summed E-state index contributed by atoms with van der Waals surface area (Å²) in [6.45, 7) is 2.51. The number of nitrogens with zero attached hydrogens (tertiary/aromatic N) is 2. The summed E-state index contributed by atoms with van der Waals surface area (Å²) in [6, 6.07) is 12.8. The number of non-ortho nitro benzene ring substituents is 1. The number of nitro groups is 1. The molecule has 0 atom stereocenters. The molecule has 1 amide bonds. The van der Waals surface area contributed by atoms with Gasteiger partial charge in [-0.15, -0.1) is 0 Å². The van der Waals surface area contributed by atoms with Gasteiger partial charge in [0.15, 0.2) is 0 Å². The maximum atomic E-state index is 12.2. The Morgan fingerprint density at radius 2 is 1.96 bits per heavy atom. The molecule has 0 aliphatic rings. The minimum absolute atomic E-state index is 0.00168. The fourth-order valence-corrected chi connectivity index (χ4v) is 1.90. The lowest BCUT2D eigenvalue weighted by atomic mass is 10.2. The summed E-state index contributed by atoms with van der Waals surface area (Å²) in [5, 5.41) is 14.4. The van der Waals surface area contributed by atoms with Crippen molar-refractivity contribution in [3.05, 3.63) is 69.8 Å². The van der Waals surface area contributed by atoms with Gasteiger partial charge in [0.25, 0.3) is 11.6 Å². The van der Waals surface area contributed by atoms with Crippen LogP contribution in [0.5, 0.6) is 5.75 Å². The Balaban J connectivity index is 2.01. The highest BCUT2D eigenvalue weighted by Gasteiger charge is 2.11. The summed E-state index contributed by atoms with van der Waals surface area (Å²) >= 11 is 0. The second-order valence-electron chi connectivity index (χ2n) is 4.89. The van der Waals surface area contributed by atoms with E-state index in [1.54, 1.807) is 36.4 Å². The van der Waals surface area contributed by atoms with E-state index in [1.165, 1.54) is 18.3 Å². The van der Waals surface area contributed by atoms with E-state index in [4.69, 9.17) is 4.74 Å². The topological polar surface area (TPSA) is 93.8 Å². The lowest BCUT2D eigenvalue weighted by molar-refractivity contribution is -0.384. The fraction of sp³-hybridized carbons (Fsp3) is 0.176. The predicted octanol–water partition coefficient (Wildman–Crippen LogP) is 3.15. The molecule has 0 saturated heterocycles. The van der Waals surface area contributed by atoms with E-state index < -0.39 is 4.92 Å². The Hall–Kier alpha value is -3.22. The van der Waals surface area contributed by atoms with Gasteiger partial charge in [0.1, 0.15) is 5.75 Å². The zero-order valence-electron chi connectivity index (χ0n) is 13.1. The van der Waals surface area contributed by atoms with Crippen LogP contribution in [0.15, 0.2) is 53.6 Å². The molecule has 0 bridgehead atoms. The molecule has 0 aromatic heterocycles. The SMILES string of the molecule is CCCOc1ccccc1C(=O)NN=Cc1ccc([N+](=O)[O-])cc1. The molecule has 0 aliphatic heterocycles. The summed E-state index contributed by atoms with van der Waals surface area (Å²) in [7, 11) is 0. The van der Waals surface area contributed by atoms with Crippen molar-refractivity contribution in [3.63, 3.8) is 0 Å². The standard InChI is InChI=1S/C17H17N3O4/c1-2-11-24-16-6-4-3-5-15(16)17(21)19-18-12-13-7-9-14(10-8-13)20(22)23/h3-10,12H,2,11H2,1H3,(H,19,21). The van der Waals surface area contributed by atoms with Gasteiger partial charge >= 0.3 is 0 Å². The summed E-state index contributed by atoms with van der Waals surface area (Å²) in [4.78, 5) is 22.3. The molecule has 0 heterocycles. The van der Waals surface area contributed by atoms with Crippen LogP contribution in [0.2, 0.25) is 0 Å². The van der Waals surface area contributed by atoms with Crippen LogP contribution in [0, 0.1) is 10.1 Å². The molecule has 1 N–H and O–H groups in total. The van der Waals surface area contributed by atoms with Crippen LogP contribution in [0.25, 0.3) is 0 Å². The first-order chi connectivity index (χ1) is 11.6. The van der Waals surface area contributed by atoms with Crippen LogP contribution in [0.4, 0.5) is 5.69 Å². The Morgan fingerprint density at radius 3 is 2.62 bits per heavy atom. The molecule has 7 nitrogen and oxygen atoms in total. The van der Waals surface area contributed by atoms with Crippen LogP contribution in [0.3, 0.4) is 0 Å². The first-order valence-electron chi connectivity index (χ1n) is 7.41. The van der Waals surface area contributed by atoms with Crippen molar-refractivity contribution < 1.29 is 14.5 Å². The van der Waals surface area contributed by atoms with E-state index >= 15 is 0 Å². The van der Waals surface area contributed by atoms with Gasteiger partial charge in [-0.3, -0.25) is 14.9 Å². The molecule has 7 heteroatoms. The number of carbonyl (C=O) groups excluding carboxylic acids is 1. The second-order valence-corrected chi connectivity index (χ2v) is 4.89. The zero-order chi connectivity index (χ0) is 17.4. The first-order valence-corrected chi connectivity index (χ1v) is 7.41. The third-order valence-corrected chi connectivity index (χ3v) is 3.08. The quantitative estimate of drug-likeness (QED) is 0.480. The van der Waals surface area contributed by atoms with Crippen LogP contribution in [0.1, 0.15) is 29.3 Å². The van der Waals surface area contributed by atoms with E-state index in [1.807, 2.05) is 6.92 Å². The molecule has 124 valence electrons. The third kappa shape index (κ3) is 4.64. The summed E-state index contributed by atoms with van der Waals surface area (Å²) in [5.74, 6) is 0.113. The van der Waals surface area contributed by atoms with Crippen LogP contribution >= 0.6 is 0 Å². The molecule has 0 saturated carbocycles. The van der Waals surface area contributed by atoms with E-state index in [-0.39, 0.29) is 11.6 Å². The highest BCUT2D eigenvalue weighted by atomic mass is 16.6. The monoisotopic (exact) mass is 327 g/mol. The van der Waals surface area contributed by atoms with Crippen molar-refractivity contribution in [3.8, 4) is 5.75 Å². The van der Waals surface area contributed by atoms with Gasteiger partial charge in [0.05, 0.1) is 23.3 Å². The van der Waals surface area contributed by atoms with Crippen molar-refractivity contribution in [1.29, 1.82) is 0 Å². The summed E-state index contributed by atoms with van der Waals surface area (Å²) < 4.78 is 5.53. The molecular formula is C17H17N3O4. The van der Waals surface area contributed by atoms with Gasteiger partial charge in [-0.05, 0) is 36.2 Å². The first kappa shape index (κ1) is 17.1. The van der Waals surface area contributed by atoms with Gasteiger partial charge < -0.3 is 4.74 Å². The fourth-order valence-electron chi connectivity index (χ4n) is 1.90. The predicted molar refractivity (Wildman–Crippen MR) is 90.4 cm³/mol. The number of para-hydroxylation sites is 1. The Bertz CT molecular complexity index is 742.